The van der Waals surface area contributed by atoms with Crippen molar-refractivity contribution in [1.29, 1.82) is 0 Å². The fraction of sp³-hybridized carbons (Fsp3) is 0.455. The summed E-state index contributed by atoms with van der Waals surface area (Å²) < 4.78 is 5.10. The summed E-state index contributed by atoms with van der Waals surface area (Å²) in [5.74, 6) is -0.207. The number of amides is 2. The van der Waals surface area contributed by atoms with E-state index in [1.807, 2.05) is 13.0 Å². The minimum Gasteiger partial charge on any atom is -0.459 e. The first kappa shape index (κ1) is 20.7. The van der Waals surface area contributed by atoms with Gasteiger partial charge in [-0.15, -0.1) is 0 Å². The van der Waals surface area contributed by atoms with Gasteiger partial charge in [-0.3, -0.25) is 9.59 Å². The molecule has 2 N–H and O–H groups in total. The van der Waals surface area contributed by atoms with Crippen molar-refractivity contribution in [2.45, 2.75) is 58.8 Å². The van der Waals surface area contributed by atoms with Gasteiger partial charge >= 0.3 is 0 Å². The minimum atomic E-state index is -0.330. The third-order valence-electron chi connectivity index (χ3n) is 4.56. The number of carbonyl (C=O) groups excluding carboxylic acids is 2. The zero-order chi connectivity index (χ0) is 19.5. The Kier molecular flexibility index (Phi) is 8.62. The van der Waals surface area contributed by atoms with E-state index in [2.05, 4.69) is 17.6 Å². The van der Waals surface area contributed by atoms with Crippen LogP contribution in [0.3, 0.4) is 0 Å². The van der Waals surface area contributed by atoms with Gasteiger partial charge in [-0.05, 0) is 43.2 Å². The Bertz CT molecular complexity index is 723. The highest BCUT2D eigenvalue weighted by Gasteiger charge is 2.12. The summed E-state index contributed by atoms with van der Waals surface area (Å²) in [6, 6.07) is 8.58. The molecule has 0 aliphatic rings. The number of anilines is 1. The molecule has 2 rings (SSSR count). The molecule has 0 saturated carbocycles. The van der Waals surface area contributed by atoms with Crippen molar-refractivity contribution in [3.63, 3.8) is 0 Å². The molecule has 1 aromatic carbocycles. The van der Waals surface area contributed by atoms with E-state index < -0.39 is 0 Å². The highest BCUT2D eigenvalue weighted by atomic mass is 16.3. The molecule has 0 saturated heterocycles. The topological polar surface area (TPSA) is 71.3 Å². The monoisotopic (exact) mass is 370 g/mol. The number of benzene rings is 1. The summed E-state index contributed by atoms with van der Waals surface area (Å²) in [6.07, 6.45) is 9.96. The van der Waals surface area contributed by atoms with Crippen LogP contribution in [0, 0.1) is 6.92 Å². The first-order chi connectivity index (χ1) is 13.1. The number of hydrogen-bond donors (Lipinski definition) is 2. The average molecular weight is 370 g/mol. The number of nitrogens with one attached hydrogen (secondary N) is 2. The van der Waals surface area contributed by atoms with Gasteiger partial charge in [-0.2, -0.15) is 0 Å². The van der Waals surface area contributed by atoms with E-state index in [1.54, 1.807) is 24.3 Å². The van der Waals surface area contributed by atoms with Crippen molar-refractivity contribution in [2.24, 2.45) is 0 Å². The molecule has 0 bridgehead atoms. The molecular weight excluding hydrogens is 340 g/mol. The molecule has 0 fully saturated rings. The van der Waals surface area contributed by atoms with Gasteiger partial charge in [0.1, 0.15) is 0 Å². The molecule has 1 aromatic heterocycles. The number of carbonyl (C=O) groups is 2. The molecule has 27 heavy (non-hydrogen) atoms. The molecule has 0 unspecified atom stereocenters. The van der Waals surface area contributed by atoms with Crippen LogP contribution in [0.15, 0.2) is 41.0 Å². The fourth-order valence-corrected chi connectivity index (χ4v) is 2.88. The number of furan rings is 1. The quantitative estimate of drug-likeness (QED) is 0.526. The highest BCUT2D eigenvalue weighted by Crippen LogP contribution is 2.18. The molecule has 2 amide bonds. The smallest absolute Gasteiger partial charge is 0.291 e. The Balaban J connectivity index is 1.80. The molecule has 0 spiro atoms. The Morgan fingerprint density at radius 1 is 0.963 bits per heavy atom. The van der Waals surface area contributed by atoms with E-state index in [0.29, 0.717) is 17.8 Å². The van der Waals surface area contributed by atoms with Crippen LogP contribution in [0.2, 0.25) is 0 Å². The third kappa shape index (κ3) is 6.93. The molecule has 146 valence electrons. The van der Waals surface area contributed by atoms with E-state index in [9.17, 15) is 9.59 Å². The van der Waals surface area contributed by atoms with E-state index in [-0.39, 0.29) is 17.6 Å². The van der Waals surface area contributed by atoms with Crippen molar-refractivity contribution >= 4 is 17.5 Å². The first-order valence-electron chi connectivity index (χ1n) is 9.85. The van der Waals surface area contributed by atoms with Crippen molar-refractivity contribution < 1.29 is 14.0 Å². The maximum atomic E-state index is 12.4. The zero-order valence-corrected chi connectivity index (χ0v) is 16.3. The third-order valence-corrected chi connectivity index (χ3v) is 4.56. The van der Waals surface area contributed by atoms with Gasteiger partial charge in [0.05, 0.1) is 6.26 Å². The van der Waals surface area contributed by atoms with Gasteiger partial charge in [0, 0.05) is 17.8 Å². The van der Waals surface area contributed by atoms with E-state index in [1.165, 1.54) is 38.4 Å². The van der Waals surface area contributed by atoms with Crippen LogP contribution < -0.4 is 10.6 Å². The van der Waals surface area contributed by atoms with Gasteiger partial charge in [0.15, 0.2) is 5.76 Å². The molecule has 5 nitrogen and oxygen atoms in total. The second-order valence-electron chi connectivity index (χ2n) is 6.84. The summed E-state index contributed by atoms with van der Waals surface area (Å²) in [5.41, 5.74) is 2.04. The maximum absolute atomic E-state index is 12.4. The van der Waals surface area contributed by atoms with Crippen LogP contribution in [0.4, 0.5) is 5.69 Å². The number of aryl methyl sites for hydroxylation is 1. The average Bonchev–Trinajstić information content (AvgIpc) is 3.20. The summed E-state index contributed by atoms with van der Waals surface area (Å²) in [4.78, 5) is 24.5. The van der Waals surface area contributed by atoms with Crippen LogP contribution in [0.1, 0.15) is 78.3 Å². The molecule has 2 aromatic rings. The van der Waals surface area contributed by atoms with E-state index in [0.717, 1.165) is 18.4 Å². The molecule has 0 radical (unpaired) electrons. The first-order valence-corrected chi connectivity index (χ1v) is 9.85. The van der Waals surface area contributed by atoms with E-state index >= 15 is 0 Å². The molecular formula is C22H30N2O3. The van der Waals surface area contributed by atoms with Gasteiger partial charge < -0.3 is 15.1 Å². The van der Waals surface area contributed by atoms with Crippen LogP contribution in [-0.4, -0.2) is 18.4 Å². The van der Waals surface area contributed by atoms with Crippen molar-refractivity contribution in [3.8, 4) is 0 Å². The second kappa shape index (κ2) is 11.2. The lowest BCUT2D eigenvalue weighted by atomic mass is 10.1. The number of hydrogen-bond acceptors (Lipinski definition) is 3. The van der Waals surface area contributed by atoms with Crippen LogP contribution in [-0.2, 0) is 0 Å². The largest absolute Gasteiger partial charge is 0.459 e. The molecule has 0 aliphatic carbocycles. The van der Waals surface area contributed by atoms with E-state index in [4.69, 9.17) is 4.42 Å². The van der Waals surface area contributed by atoms with Gasteiger partial charge in [-0.25, -0.2) is 0 Å². The summed E-state index contributed by atoms with van der Waals surface area (Å²) in [7, 11) is 0. The highest BCUT2D eigenvalue weighted by molar-refractivity contribution is 6.03. The lowest BCUT2D eigenvalue weighted by molar-refractivity contribution is 0.0950. The minimum absolute atomic E-state index is 0.116. The molecule has 0 atom stereocenters. The summed E-state index contributed by atoms with van der Waals surface area (Å²) in [5, 5.41) is 5.75. The molecule has 5 heteroatoms. The Morgan fingerprint density at radius 2 is 1.70 bits per heavy atom. The number of rotatable bonds is 11. The second-order valence-corrected chi connectivity index (χ2v) is 6.84. The maximum Gasteiger partial charge on any atom is 0.291 e. The van der Waals surface area contributed by atoms with Gasteiger partial charge in [-0.1, -0.05) is 51.5 Å². The van der Waals surface area contributed by atoms with Crippen molar-refractivity contribution in [1.82, 2.24) is 5.32 Å². The standard InChI is InChI=1S/C22H30N2O3/c1-3-4-5-6-7-8-9-14-23-21(25)18-13-12-17(2)19(16-18)24-22(26)20-11-10-15-27-20/h10-13,15-16H,3-9,14H2,1-2H3,(H,23,25)(H,24,26). The number of unbranched alkanes of at least 4 members (excludes halogenated alkanes) is 6. The van der Waals surface area contributed by atoms with Crippen molar-refractivity contribution in [2.75, 3.05) is 11.9 Å². The predicted octanol–water partition coefficient (Wildman–Crippen LogP) is 5.32. The normalized spacial score (nSPS) is 10.6. The Hall–Kier alpha value is -2.56. The van der Waals surface area contributed by atoms with Crippen LogP contribution in [0.5, 0.6) is 0 Å². The molecule has 1 heterocycles. The lowest BCUT2D eigenvalue weighted by Gasteiger charge is -2.10. The Labute approximate surface area is 161 Å². The predicted molar refractivity (Wildman–Crippen MR) is 108 cm³/mol. The van der Waals surface area contributed by atoms with Crippen molar-refractivity contribution in [3.05, 3.63) is 53.5 Å². The van der Waals surface area contributed by atoms with Crippen LogP contribution in [0.25, 0.3) is 0 Å². The fourth-order valence-electron chi connectivity index (χ4n) is 2.88. The summed E-state index contributed by atoms with van der Waals surface area (Å²) >= 11 is 0. The zero-order valence-electron chi connectivity index (χ0n) is 16.3. The van der Waals surface area contributed by atoms with Gasteiger partial charge in [0.25, 0.3) is 11.8 Å². The molecule has 0 aliphatic heterocycles. The lowest BCUT2D eigenvalue weighted by Crippen LogP contribution is -2.24. The SMILES string of the molecule is CCCCCCCCCNC(=O)c1ccc(C)c(NC(=O)c2ccco2)c1. The Morgan fingerprint density at radius 3 is 2.41 bits per heavy atom. The summed E-state index contributed by atoms with van der Waals surface area (Å²) in [6.45, 7) is 4.78. The van der Waals surface area contributed by atoms with Gasteiger partial charge in [0.2, 0.25) is 0 Å². The van der Waals surface area contributed by atoms with Crippen LogP contribution >= 0.6 is 0 Å².